The molecule has 0 aromatic carbocycles. The number of hydrogen-bond donors (Lipinski definition) is 3. The van der Waals surface area contributed by atoms with Gasteiger partial charge < -0.3 is 33.8 Å². The molecule has 0 rings (SSSR count). The standard InChI is InChI=1S/C57H110O17P2/c1-5-9-13-17-20-23-26-29-31-34-38-42-55(60)68-48-53(74-57(62)43-39-35-32-28-25-22-19-15-11-7-3)50-72-76(65,66)70-46-51(58)45-69-75(63,64)71-49-52(47-67-54(59)41-37-16-12-8-4)73-56(61)44-40-36-33-30-27-24-21-18-14-10-6-2/h51-53,58H,5-50H2,1-4H3,(H,63,64)(H,65,66)/t51-,52-,53-/m1/s1. The maximum atomic E-state index is 12.9. The van der Waals surface area contributed by atoms with Gasteiger partial charge in [-0.1, -0.05) is 233 Å². The third-order valence-corrected chi connectivity index (χ3v) is 15.0. The average molecular weight is 1130 g/mol. The normalized spacial score (nSPS) is 14.4. The Bertz CT molecular complexity index is 1490. The first kappa shape index (κ1) is 74.1. The smallest absolute Gasteiger partial charge is 0.462 e. The Morgan fingerprint density at radius 3 is 0.789 bits per heavy atom. The van der Waals surface area contributed by atoms with Crippen molar-refractivity contribution < 1.29 is 80.2 Å². The molecule has 0 aromatic rings. The van der Waals surface area contributed by atoms with Gasteiger partial charge in [0.1, 0.15) is 19.3 Å². The Balaban J connectivity index is 5.14. The summed E-state index contributed by atoms with van der Waals surface area (Å²) >= 11 is 0. The molecule has 450 valence electrons. The van der Waals surface area contributed by atoms with Crippen LogP contribution < -0.4 is 0 Å². The van der Waals surface area contributed by atoms with Crippen LogP contribution in [0.2, 0.25) is 0 Å². The first-order chi connectivity index (χ1) is 36.7. The van der Waals surface area contributed by atoms with Gasteiger partial charge in [-0.3, -0.25) is 37.3 Å². The van der Waals surface area contributed by atoms with E-state index in [2.05, 4.69) is 27.7 Å². The largest absolute Gasteiger partial charge is 0.472 e. The summed E-state index contributed by atoms with van der Waals surface area (Å²) in [6, 6.07) is 0. The molecule has 0 aliphatic rings. The van der Waals surface area contributed by atoms with Crippen LogP contribution in [0.15, 0.2) is 0 Å². The zero-order valence-electron chi connectivity index (χ0n) is 48.2. The fourth-order valence-electron chi connectivity index (χ4n) is 8.40. The fraction of sp³-hybridized carbons (Fsp3) is 0.930. The maximum absolute atomic E-state index is 12.9. The van der Waals surface area contributed by atoms with Crippen LogP contribution in [0, 0.1) is 0 Å². The lowest BCUT2D eigenvalue weighted by Gasteiger charge is -2.21. The lowest BCUT2D eigenvalue weighted by molar-refractivity contribution is -0.161. The summed E-state index contributed by atoms with van der Waals surface area (Å²) in [5.41, 5.74) is 0. The fourth-order valence-corrected chi connectivity index (χ4v) is 9.98. The van der Waals surface area contributed by atoms with Crippen LogP contribution in [0.1, 0.15) is 285 Å². The van der Waals surface area contributed by atoms with Crippen LogP contribution in [-0.2, 0) is 65.4 Å². The molecule has 76 heavy (non-hydrogen) atoms. The van der Waals surface area contributed by atoms with Gasteiger partial charge in [0, 0.05) is 25.7 Å². The number of aliphatic hydroxyl groups excluding tert-OH is 1. The zero-order chi connectivity index (χ0) is 56.2. The molecule has 0 saturated carbocycles. The highest BCUT2D eigenvalue weighted by Crippen LogP contribution is 2.45. The number of carbonyl (C=O) groups excluding carboxylic acids is 4. The lowest BCUT2D eigenvalue weighted by Crippen LogP contribution is -2.30. The van der Waals surface area contributed by atoms with Crippen molar-refractivity contribution in [3.05, 3.63) is 0 Å². The van der Waals surface area contributed by atoms with E-state index in [0.29, 0.717) is 25.7 Å². The van der Waals surface area contributed by atoms with Crippen molar-refractivity contribution in [2.45, 2.75) is 303 Å². The van der Waals surface area contributed by atoms with Gasteiger partial charge >= 0.3 is 39.5 Å². The number of hydrogen-bond acceptors (Lipinski definition) is 15. The maximum Gasteiger partial charge on any atom is 0.472 e. The monoisotopic (exact) mass is 1130 g/mol. The quantitative estimate of drug-likeness (QED) is 0.0222. The van der Waals surface area contributed by atoms with Crippen molar-refractivity contribution in [3.8, 4) is 0 Å². The minimum atomic E-state index is -4.93. The van der Waals surface area contributed by atoms with E-state index in [9.17, 15) is 43.2 Å². The highest BCUT2D eigenvalue weighted by molar-refractivity contribution is 7.47. The summed E-state index contributed by atoms with van der Waals surface area (Å²) in [7, 11) is -9.86. The Labute approximate surface area is 460 Å². The second-order valence-electron chi connectivity index (χ2n) is 20.7. The molecule has 19 heteroatoms. The molecule has 3 N–H and O–H groups in total. The molecule has 2 unspecified atom stereocenters. The molecule has 0 heterocycles. The molecule has 0 fully saturated rings. The summed E-state index contributed by atoms with van der Waals surface area (Å²) in [6.45, 7) is 4.70. The van der Waals surface area contributed by atoms with Gasteiger partial charge in [-0.25, -0.2) is 9.13 Å². The third-order valence-electron chi connectivity index (χ3n) is 13.1. The van der Waals surface area contributed by atoms with Gasteiger partial charge in [0.05, 0.1) is 26.4 Å². The Kier molecular flexibility index (Phi) is 51.1. The number of unbranched alkanes of at least 4 members (excludes halogenated alkanes) is 32. The first-order valence-electron chi connectivity index (χ1n) is 30.3. The van der Waals surface area contributed by atoms with Gasteiger partial charge in [0.2, 0.25) is 0 Å². The van der Waals surface area contributed by atoms with Crippen molar-refractivity contribution in [2.75, 3.05) is 39.6 Å². The zero-order valence-corrected chi connectivity index (χ0v) is 50.0. The molecular formula is C57H110O17P2. The van der Waals surface area contributed by atoms with E-state index in [-0.39, 0.29) is 25.7 Å². The van der Waals surface area contributed by atoms with Crippen LogP contribution in [-0.4, -0.2) is 96.7 Å². The van der Waals surface area contributed by atoms with Gasteiger partial charge in [-0.15, -0.1) is 0 Å². The third kappa shape index (κ3) is 51.5. The van der Waals surface area contributed by atoms with Crippen LogP contribution in [0.25, 0.3) is 0 Å². The van der Waals surface area contributed by atoms with E-state index in [1.54, 1.807) is 0 Å². The van der Waals surface area contributed by atoms with Crippen LogP contribution in [0.5, 0.6) is 0 Å². The number of carbonyl (C=O) groups is 4. The minimum Gasteiger partial charge on any atom is -0.462 e. The van der Waals surface area contributed by atoms with E-state index in [0.717, 1.165) is 89.9 Å². The number of ether oxygens (including phenoxy) is 4. The number of phosphoric ester groups is 2. The summed E-state index contributed by atoms with van der Waals surface area (Å²) in [4.78, 5) is 71.5. The first-order valence-corrected chi connectivity index (χ1v) is 33.3. The van der Waals surface area contributed by atoms with Crippen LogP contribution >= 0.6 is 15.6 Å². The molecular weight excluding hydrogens is 1020 g/mol. The average Bonchev–Trinajstić information content (AvgIpc) is 3.39. The summed E-state index contributed by atoms with van der Waals surface area (Å²) in [6.07, 6.45) is 35.2. The number of phosphoric acid groups is 2. The second kappa shape index (κ2) is 52.4. The number of esters is 4. The minimum absolute atomic E-state index is 0.106. The molecule has 17 nitrogen and oxygen atoms in total. The molecule has 0 aliphatic heterocycles. The summed E-state index contributed by atoms with van der Waals surface area (Å²) in [5.74, 6) is -2.16. The molecule has 0 aliphatic carbocycles. The molecule has 0 amide bonds. The highest BCUT2D eigenvalue weighted by atomic mass is 31.2. The van der Waals surface area contributed by atoms with Crippen molar-refractivity contribution in [1.82, 2.24) is 0 Å². The second-order valence-corrected chi connectivity index (χ2v) is 23.6. The molecule has 0 bridgehead atoms. The predicted octanol–water partition coefficient (Wildman–Crippen LogP) is 15.2. The van der Waals surface area contributed by atoms with E-state index < -0.39 is 97.5 Å². The van der Waals surface area contributed by atoms with E-state index >= 15 is 0 Å². The number of rotatable bonds is 58. The Morgan fingerprint density at radius 2 is 0.526 bits per heavy atom. The lowest BCUT2D eigenvalue weighted by atomic mass is 10.1. The molecule has 5 atom stereocenters. The van der Waals surface area contributed by atoms with E-state index in [1.807, 2.05) is 0 Å². The van der Waals surface area contributed by atoms with Crippen LogP contribution in [0.3, 0.4) is 0 Å². The van der Waals surface area contributed by atoms with Gasteiger partial charge in [0.25, 0.3) is 0 Å². The topological polar surface area (TPSA) is 237 Å². The van der Waals surface area contributed by atoms with Crippen molar-refractivity contribution >= 4 is 39.5 Å². The molecule has 0 aromatic heterocycles. The van der Waals surface area contributed by atoms with Crippen molar-refractivity contribution in [2.24, 2.45) is 0 Å². The summed E-state index contributed by atoms with van der Waals surface area (Å²) < 4.78 is 67.4. The Hall–Kier alpha value is -1.94. The van der Waals surface area contributed by atoms with Crippen LogP contribution in [0.4, 0.5) is 0 Å². The SMILES string of the molecule is CCCCCCCCCCCCCC(=O)OC[C@H](COP(=O)(O)OC[C@H](O)COP(=O)(O)OC[C@@H](COC(=O)CCCCCC)OC(=O)CCCCCCCCCCCCC)OC(=O)CCCCCCCCCCCC. The molecule has 0 spiro atoms. The molecule has 0 saturated heterocycles. The Morgan fingerprint density at radius 1 is 0.316 bits per heavy atom. The van der Waals surface area contributed by atoms with Gasteiger partial charge in [-0.2, -0.15) is 0 Å². The predicted molar refractivity (Wildman–Crippen MR) is 299 cm³/mol. The van der Waals surface area contributed by atoms with Gasteiger partial charge in [0.15, 0.2) is 12.2 Å². The van der Waals surface area contributed by atoms with Crippen molar-refractivity contribution in [1.29, 1.82) is 0 Å². The number of aliphatic hydroxyl groups is 1. The molecule has 0 radical (unpaired) electrons. The summed E-state index contributed by atoms with van der Waals surface area (Å²) in [5, 5.41) is 10.5. The van der Waals surface area contributed by atoms with Crippen molar-refractivity contribution in [3.63, 3.8) is 0 Å². The highest BCUT2D eigenvalue weighted by Gasteiger charge is 2.30. The van der Waals surface area contributed by atoms with E-state index in [1.165, 1.54) is 116 Å². The van der Waals surface area contributed by atoms with E-state index in [4.69, 9.17) is 37.0 Å². The van der Waals surface area contributed by atoms with Gasteiger partial charge in [-0.05, 0) is 25.7 Å².